The summed E-state index contributed by atoms with van der Waals surface area (Å²) in [5.41, 5.74) is 0.980. The first-order valence-electron chi connectivity index (χ1n) is 11.9. The van der Waals surface area contributed by atoms with Gasteiger partial charge in [-0.1, -0.05) is 67.4 Å². The van der Waals surface area contributed by atoms with Gasteiger partial charge in [0.05, 0.1) is 33.0 Å². The number of hydrogen-bond donors (Lipinski definition) is 1. The number of carbonyl (C=O) groups is 1. The van der Waals surface area contributed by atoms with Crippen LogP contribution in [0.4, 0.5) is 19.0 Å². The molecule has 0 saturated heterocycles. The van der Waals surface area contributed by atoms with Gasteiger partial charge in [-0.2, -0.15) is 23.4 Å². The molecule has 13 heteroatoms. The van der Waals surface area contributed by atoms with Gasteiger partial charge in [0.15, 0.2) is 17.2 Å². The predicted molar refractivity (Wildman–Crippen MR) is 151 cm³/mol. The van der Waals surface area contributed by atoms with E-state index in [9.17, 15) is 18.0 Å². The van der Waals surface area contributed by atoms with E-state index in [0.717, 1.165) is 23.4 Å². The summed E-state index contributed by atoms with van der Waals surface area (Å²) in [5.74, 6) is -0.295. The van der Waals surface area contributed by atoms with Crippen LogP contribution in [0.1, 0.15) is 46.9 Å². The molecule has 206 valence electrons. The Morgan fingerprint density at radius 2 is 1.80 bits per heavy atom. The van der Waals surface area contributed by atoms with Crippen LogP contribution in [0.15, 0.2) is 65.4 Å². The zero-order valence-electron chi connectivity index (χ0n) is 21.0. The lowest BCUT2D eigenvalue weighted by molar-refractivity contribution is -0.142. The molecule has 0 radical (unpaired) electrons. The first-order chi connectivity index (χ1) is 18.9. The molecule has 2 aromatic carbocycles. The van der Waals surface area contributed by atoms with Crippen LogP contribution >= 0.6 is 39.1 Å². The number of nitrogens with one attached hydrogen (secondary N) is 1. The van der Waals surface area contributed by atoms with Gasteiger partial charge in [0, 0.05) is 11.8 Å². The normalized spacial score (nSPS) is 11.9. The van der Waals surface area contributed by atoms with Crippen molar-refractivity contribution < 1.29 is 18.0 Å². The summed E-state index contributed by atoms with van der Waals surface area (Å²) in [4.78, 5) is 17.6. The quantitative estimate of drug-likeness (QED) is 0.201. The monoisotopic (exact) mass is 650 g/mol. The van der Waals surface area contributed by atoms with E-state index in [0.29, 0.717) is 31.1 Å². The van der Waals surface area contributed by atoms with Gasteiger partial charge in [-0.05, 0) is 51.2 Å². The number of halogens is 6. The summed E-state index contributed by atoms with van der Waals surface area (Å²) in [7, 11) is 0. The van der Waals surface area contributed by atoms with Crippen molar-refractivity contribution in [3.63, 3.8) is 0 Å². The summed E-state index contributed by atoms with van der Waals surface area (Å²) in [6, 6.07) is 13.2. The van der Waals surface area contributed by atoms with Crippen LogP contribution in [0.5, 0.6) is 0 Å². The van der Waals surface area contributed by atoms with Crippen molar-refractivity contribution in [1.29, 1.82) is 0 Å². The highest BCUT2D eigenvalue weighted by molar-refractivity contribution is 9.10. The molecule has 0 atom stereocenters. The summed E-state index contributed by atoms with van der Waals surface area (Å²) >= 11 is 15.4. The lowest BCUT2D eigenvalue weighted by Crippen LogP contribution is -2.16. The van der Waals surface area contributed by atoms with Gasteiger partial charge < -0.3 is 5.32 Å². The molecule has 0 aliphatic heterocycles. The van der Waals surface area contributed by atoms with Crippen LogP contribution in [0.3, 0.4) is 0 Å². The zero-order valence-corrected chi connectivity index (χ0v) is 24.1. The second-order valence-electron chi connectivity index (χ2n) is 9.32. The molecule has 0 bridgehead atoms. The van der Waals surface area contributed by atoms with Crippen LogP contribution < -0.4 is 5.32 Å². The molecule has 40 heavy (non-hydrogen) atoms. The minimum absolute atomic E-state index is 0.0664. The molecule has 1 amide bonds. The van der Waals surface area contributed by atoms with E-state index in [1.54, 1.807) is 41.2 Å². The van der Waals surface area contributed by atoms with Crippen LogP contribution in [0.25, 0.3) is 16.9 Å². The molecule has 0 aliphatic carbocycles. The summed E-state index contributed by atoms with van der Waals surface area (Å²) in [5, 5.41) is 11.6. The number of hydrogen-bond acceptors (Lipinski definition) is 4. The Hall–Kier alpha value is -3.41. The molecule has 0 unspecified atom stereocenters. The fraction of sp³-hybridized carbons (Fsp3) is 0.185. The van der Waals surface area contributed by atoms with Crippen molar-refractivity contribution in [1.82, 2.24) is 24.4 Å². The van der Waals surface area contributed by atoms with Crippen LogP contribution in [-0.2, 0) is 12.7 Å². The third-order valence-corrected chi connectivity index (χ3v) is 7.48. The van der Waals surface area contributed by atoms with Crippen LogP contribution in [0.2, 0.25) is 10.0 Å². The molecule has 0 aliphatic rings. The Bertz CT molecular complexity index is 1730. The maximum absolute atomic E-state index is 14.0. The number of nitrogens with zero attached hydrogens (tertiary/aromatic N) is 5. The van der Waals surface area contributed by atoms with Crippen molar-refractivity contribution >= 4 is 56.5 Å². The Balaban J connectivity index is 1.48. The fourth-order valence-corrected chi connectivity index (χ4v) is 4.81. The summed E-state index contributed by atoms with van der Waals surface area (Å²) in [6.45, 7) is 4.37. The topological polar surface area (TPSA) is 77.1 Å². The predicted octanol–water partition coefficient (Wildman–Crippen LogP) is 8.10. The van der Waals surface area contributed by atoms with Gasteiger partial charge in [-0.25, -0.2) is 9.50 Å². The average Bonchev–Trinajstić information content (AvgIpc) is 3.48. The molecular weight excluding hydrogens is 632 g/mol. The largest absolute Gasteiger partial charge is 0.433 e. The van der Waals surface area contributed by atoms with Crippen LogP contribution in [0, 0.1) is 0 Å². The number of anilines is 1. The van der Waals surface area contributed by atoms with Gasteiger partial charge in [0.1, 0.15) is 5.56 Å². The van der Waals surface area contributed by atoms with E-state index in [1.165, 1.54) is 0 Å². The number of carbonyl (C=O) groups excluding carboxylic acids is 1. The fourth-order valence-electron chi connectivity index (χ4n) is 4.07. The molecule has 3 aromatic heterocycles. The number of rotatable bonds is 6. The number of benzene rings is 2. The molecule has 7 nitrogen and oxygen atoms in total. The Morgan fingerprint density at radius 1 is 1.07 bits per heavy atom. The van der Waals surface area contributed by atoms with Gasteiger partial charge in [0.2, 0.25) is 0 Å². The number of amides is 1. The number of aromatic nitrogens is 5. The maximum atomic E-state index is 14.0. The Kier molecular flexibility index (Phi) is 7.64. The standard InChI is InChI=1S/C27H20BrCl2F3N6O/c1-14(2)16-4-6-17(7-5-16)22-10-23(27(31,32)33)39-25(35-22)18(11-34-39)26(40)36-24-19(28)13-38(37-24)12-15-3-8-20(29)21(30)9-15/h3-11,13-14H,12H2,1-2H3,(H,36,37,40). The van der Waals surface area contributed by atoms with Crippen molar-refractivity contribution in [2.75, 3.05) is 5.32 Å². The third-order valence-electron chi connectivity index (χ3n) is 6.16. The Labute approximate surface area is 245 Å². The molecular formula is C27H20BrCl2F3N6O. The summed E-state index contributed by atoms with van der Waals surface area (Å²) in [6.07, 6.45) is -2.04. The first kappa shape index (κ1) is 28.1. The molecule has 1 N–H and O–H groups in total. The van der Waals surface area contributed by atoms with Crippen molar-refractivity contribution in [3.8, 4) is 11.3 Å². The molecule has 5 rings (SSSR count). The molecule has 5 aromatic rings. The van der Waals surface area contributed by atoms with Gasteiger partial charge in [-0.3, -0.25) is 9.48 Å². The first-order valence-corrected chi connectivity index (χ1v) is 13.5. The number of alkyl halides is 3. The highest BCUT2D eigenvalue weighted by atomic mass is 79.9. The van der Waals surface area contributed by atoms with Crippen LogP contribution in [-0.4, -0.2) is 30.3 Å². The van der Waals surface area contributed by atoms with Crippen molar-refractivity contribution in [2.45, 2.75) is 32.5 Å². The maximum Gasteiger partial charge on any atom is 0.433 e. The Morgan fingerprint density at radius 3 is 2.45 bits per heavy atom. The van der Waals surface area contributed by atoms with Crippen molar-refractivity contribution in [2.24, 2.45) is 0 Å². The molecule has 0 spiro atoms. The minimum Gasteiger partial charge on any atom is -0.304 e. The lowest BCUT2D eigenvalue weighted by atomic mass is 10.0. The van der Waals surface area contributed by atoms with Gasteiger partial charge in [-0.15, -0.1) is 0 Å². The van der Waals surface area contributed by atoms with E-state index >= 15 is 0 Å². The highest BCUT2D eigenvalue weighted by Crippen LogP contribution is 2.33. The average molecular weight is 652 g/mol. The van der Waals surface area contributed by atoms with E-state index in [-0.39, 0.29) is 28.6 Å². The molecule has 3 heterocycles. The van der Waals surface area contributed by atoms with E-state index in [1.807, 2.05) is 26.0 Å². The van der Waals surface area contributed by atoms with Crippen molar-refractivity contribution in [3.05, 3.63) is 97.8 Å². The number of fused-ring (bicyclic) bond motifs is 1. The highest BCUT2D eigenvalue weighted by Gasteiger charge is 2.36. The third kappa shape index (κ3) is 5.72. The zero-order chi connectivity index (χ0) is 28.8. The lowest BCUT2D eigenvalue weighted by Gasteiger charge is -2.12. The van der Waals surface area contributed by atoms with E-state index in [4.69, 9.17) is 23.2 Å². The smallest absolute Gasteiger partial charge is 0.304 e. The van der Waals surface area contributed by atoms with E-state index in [2.05, 4.69) is 36.4 Å². The molecule has 0 fully saturated rings. The second kappa shape index (κ2) is 10.9. The second-order valence-corrected chi connectivity index (χ2v) is 11.0. The summed E-state index contributed by atoms with van der Waals surface area (Å²) < 4.78 is 44.6. The molecule has 0 saturated carbocycles. The SMILES string of the molecule is CC(C)c1ccc(-c2cc(C(F)(F)F)n3ncc(C(=O)Nc4nn(Cc5ccc(Cl)c(Cl)c5)cc4Br)c3n2)cc1. The van der Waals surface area contributed by atoms with Gasteiger partial charge >= 0.3 is 6.18 Å². The van der Waals surface area contributed by atoms with E-state index < -0.39 is 17.8 Å². The van der Waals surface area contributed by atoms with Gasteiger partial charge in [0.25, 0.3) is 5.91 Å². The minimum atomic E-state index is -4.74.